The van der Waals surface area contributed by atoms with Gasteiger partial charge >= 0.3 is 0 Å². The van der Waals surface area contributed by atoms with Crippen LogP contribution in [0.25, 0.3) is 16.1 Å². The Balaban J connectivity index is 1.56. The third-order valence-corrected chi connectivity index (χ3v) is 5.41. The van der Waals surface area contributed by atoms with Gasteiger partial charge in [0, 0.05) is 16.1 Å². The molecule has 0 bridgehead atoms. The van der Waals surface area contributed by atoms with Gasteiger partial charge in [-0.15, -0.1) is 11.3 Å². The summed E-state index contributed by atoms with van der Waals surface area (Å²) in [5.41, 5.74) is 11.7. The highest BCUT2D eigenvalue weighted by Gasteiger charge is 2.11. The standard InChI is InChI=1S/C22H20N4OS/c1-14-12-15(2)26(25-14)18-8-5-16(6-9-18)22(27)24-20-13-17(7-10-19(20)23)21-4-3-11-28-21/h3-13H,23H2,1-2H3,(H,24,27). The Morgan fingerprint density at radius 1 is 1.07 bits per heavy atom. The Labute approximate surface area is 167 Å². The number of nitrogens with two attached hydrogens (primary N) is 1. The number of benzene rings is 2. The normalized spacial score (nSPS) is 10.8. The van der Waals surface area contributed by atoms with Crippen LogP contribution in [0.3, 0.4) is 0 Å². The number of amides is 1. The SMILES string of the molecule is Cc1cc(C)n(-c2ccc(C(=O)Nc3cc(-c4cccs4)ccc3N)cc2)n1. The first-order valence-corrected chi connectivity index (χ1v) is 9.78. The predicted molar refractivity (Wildman–Crippen MR) is 115 cm³/mol. The van der Waals surface area contributed by atoms with Crippen molar-refractivity contribution in [2.45, 2.75) is 13.8 Å². The second-order valence-corrected chi connectivity index (χ2v) is 7.57. The molecule has 4 rings (SSSR count). The highest BCUT2D eigenvalue weighted by Crippen LogP contribution is 2.30. The lowest BCUT2D eigenvalue weighted by atomic mass is 10.1. The molecule has 0 atom stereocenters. The molecule has 2 heterocycles. The molecule has 0 radical (unpaired) electrons. The first-order valence-electron chi connectivity index (χ1n) is 8.90. The molecule has 1 amide bonds. The zero-order chi connectivity index (χ0) is 19.7. The number of anilines is 2. The number of carbonyl (C=O) groups is 1. The van der Waals surface area contributed by atoms with E-state index < -0.39 is 0 Å². The van der Waals surface area contributed by atoms with Gasteiger partial charge in [-0.3, -0.25) is 4.79 Å². The first kappa shape index (κ1) is 18.0. The molecule has 0 aliphatic carbocycles. The van der Waals surface area contributed by atoms with Crippen LogP contribution in [0, 0.1) is 13.8 Å². The van der Waals surface area contributed by atoms with Gasteiger partial charge in [-0.05, 0) is 73.3 Å². The zero-order valence-corrected chi connectivity index (χ0v) is 16.5. The lowest BCUT2D eigenvalue weighted by Gasteiger charge is -2.11. The lowest BCUT2D eigenvalue weighted by Crippen LogP contribution is -2.13. The molecule has 28 heavy (non-hydrogen) atoms. The summed E-state index contributed by atoms with van der Waals surface area (Å²) >= 11 is 1.65. The van der Waals surface area contributed by atoms with Gasteiger partial charge in [-0.2, -0.15) is 5.10 Å². The molecule has 0 fully saturated rings. The molecule has 3 N–H and O–H groups in total. The number of hydrogen-bond donors (Lipinski definition) is 2. The van der Waals surface area contributed by atoms with Crippen LogP contribution in [0.4, 0.5) is 11.4 Å². The summed E-state index contributed by atoms with van der Waals surface area (Å²) in [7, 11) is 0. The topological polar surface area (TPSA) is 72.9 Å². The predicted octanol–water partition coefficient (Wildman–Crippen LogP) is 5.05. The molecule has 0 saturated heterocycles. The van der Waals surface area contributed by atoms with Crippen molar-refractivity contribution in [3.63, 3.8) is 0 Å². The van der Waals surface area contributed by atoms with E-state index in [1.165, 1.54) is 0 Å². The molecular weight excluding hydrogens is 368 g/mol. The molecule has 0 aliphatic heterocycles. The largest absolute Gasteiger partial charge is 0.397 e. The number of aromatic nitrogens is 2. The summed E-state index contributed by atoms with van der Waals surface area (Å²) < 4.78 is 1.86. The van der Waals surface area contributed by atoms with Crippen LogP contribution in [0.2, 0.25) is 0 Å². The minimum atomic E-state index is -0.199. The fourth-order valence-electron chi connectivity index (χ4n) is 3.10. The van der Waals surface area contributed by atoms with Crippen molar-refractivity contribution >= 4 is 28.6 Å². The quantitative estimate of drug-likeness (QED) is 0.480. The van der Waals surface area contributed by atoms with E-state index in [2.05, 4.69) is 10.4 Å². The van der Waals surface area contributed by atoms with E-state index in [1.54, 1.807) is 23.5 Å². The average Bonchev–Trinajstić information content (AvgIpc) is 3.33. The maximum Gasteiger partial charge on any atom is 0.255 e. The van der Waals surface area contributed by atoms with Gasteiger partial charge in [0.25, 0.3) is 5.91 Å². The van der Waals surface area contributed by atoms with E-state index >= 15 is 0 Å². The summed E-state index contributed by atoms with van der Waals surface area (Å²) in [5, 5.41) is 9.41. The lowest BCUT2D eigenvalue weighted by molar-refractivity contribution is 0.102. The van der Waals surface area contributed by atoms with E-state index in [9.17, 15) is 4.79 Å². The number of nitrogens with one attached hydrogen (secondary N) is 1. The second-order valence-electron chi connectivity index (χ2n) is 6.62. The summed E-state index contributed by atoms with van der Waals surface area (Å²) in [6.45, 7) is 3.96. The van der Waals surface area contributed by atoms with Crippen LogP contribution in [0.5, 0.6) is 0 Å². The van der Waals surface area contributed by atoms with Crippen LogP contribution >= 0.6 is 11.3 Å². The minimum Gasteiger partial charge on any atom is -0.397 e. The van der Waals surface area contributed by atoms with Crippen LogP contribution in [0.15, 0.2) is 66.0 Å². The minimum absolute atomic E-state index is 0.199. The summed E-state index contributed by atoms with van der Waals surface area (Å²) in [6.07, 6.45) is 0. The van der Waals surface area contributed by atoms with E-state index in [1.807, 2.05) is 72.4 Å². The summed E-state index contributed by atoms with van der Waals surface area (Å²) in [4.78, 5) is 13.8. The monoisotopic (exact) mass is 388 g/mol. The van der Waals surface area contributed by atoms with Crippen molar-refractivity contribution in [3.05, 3.63) is 83.0 Å². The molecule has 0 aliphatic rings. The van der Waals surface area contributed by atoms with Crippen molar-refractivity contribution in [1.82, 2.24) is 9.78 Å². The smallest absolute Gasteiger partial charge is 0.255 e. The Bertz CT molecular complexity index is 1130. The third-order valence-electron chi connectivity index (χ3n) is 4.49. The molecular formula is C22H20N4OS. The van der Waals surface area contributed by atoms with Crippen LogP contribution in [0.1, 0.15) is 21.7 Å². The van der Waals surface area contributed by atoms with Gasteiger partial charge in [-0.25, -0.2) is 4.68 Å². The van der Waals surface area contributed by atoms with Gasteiger partial charge < -0.3 is 11.1 Å². The molecule has 0 unspecified atom stereocenters. The van der Waals surface area contributed by atoms with Gasteiger partial charge in [0.15, 0.2) is 0 Å². The Hall–Kier alpha value is -3.38. The fraction of sp³-hybridized carbons (Fsp3) is 0.0909. The molecule has 4 aromatic rings. The van der Waals surface area contributed by atoms with Gasteiger partial charge in [0.1, 0.15) is 0 Å². The van der Waals surface area contributed by atoms with E-state index in [0.717, 1.165) is 27.5 Å². The highest BCUT2D eigenvalue weighted by atomic mass is 32.1. The van der Waals surface area contributed by atoms with Gasteiger partial charge in [0.05, 0.1) is 22.8 Å². The molecule has 0 saturated carbocycles. The van der Waals surface area contributed by atoms with Crippen LogP contribution in [-0.4, -0.2) is 15.7 Å². The highest BCUT2D eigenvalue weighted by molar-refractivity contribution is 7.13. The Kier molecular flexibility index (Phi) is 4.71. The van der Waals surface area contributed by atoms with Gasteiger partial charge in [0.2, 0.25) is 0 Å². The summed E-state index contributed by atoms with van der Waals surface area (Å²) in [5.74, 6) is -0.199. The first-order chi connectivity index (χ1) is 13.5. The molecule has 5 nitrogen and oxygen atoms in total. The number of hydrogen-bond acceptors (Lipinski definition) is 4. The number of thiophene rings is 1. The van der Waals surface area contributed by atoms with E-state index in [0.29, 0.717) is 16.9 Å². The van der Waals surface area contributed by atoms with Crippen molar-refractivity contribution in [1.29, 1.82) is 0 Å². The number of rotatable bonds is 4. The van der Waals surface area contributed by atoms with Gasteiger partial charge in [-0.1, -0.05) is 12.1 Å². The fourth-order valence-corrected chi connectivity index (χ4v) is 3.82. The Morgan fingerprint density at radius 3 is 2.50 bits per heavy atom. The molecule has 6 heteroatoms. The number of nitrogens with zero attached hydrogens (tertiary/aromatic N) is 2. The molecule has 140 valence electrons. The van der Waals surface area contributed by atoms with E-state index in [4.69, 9.17) is 5.73 Å². The molecule has 2 aromatic heterocycles. The number of aryl methyl sites for hydroxylation is 2. The maximum absolute atomic E-state index is 12.7. The number of carbonyl (C=O) groups excluding carboxylic acids is 1. The third kappa shape index (κ3) is 3.54. The van der Waals surface area contributed by atoms with Crippen LogP contribution in [-0.2, 0) is 0 Å². The maximum atomic E-state index is 12.7. The van der Waals surface area contributed by atoms with Crippen molar-refractivity contribution < 1.29 is 4.79 Å². The van der Waals surface area contributed by atoms with E-state index in [-0.39, 0.29) is 5.91 Å². The van der Waals surface area contributed by atoms with Crippen molar-refractivity contribution in [3.8, 4) is 16.1 Å². The van der Waals surface area contributed by atoms with Crippen molar-refractivity contribution in [2.75, 3.05) is 11.1 Å². The second kappa shape index (κ2) is 7.32. The van der Waals surface area contributed by atoms with Crippen LogP contribution < -0.4 is 11.1 Å². The zero-order valence-electron chi connectivity index (χ0n) is 15.6. The average molecular weight is 388 g/mol. The molecule has 2 aromatic carbocycles. The summed E-state index contributed by atoms with van der Waals surface area (Å²) in [6, 6.07) is 19.1. The number of nitrogen functional groups attached to an aromatic ring is 1. The van der Waals surface area contributed by atoms with Crippen molar-refractivity contribution in [2.24, 2.45) is 0 Å². The molecule has 0 spiro atoms. The Morgan fingerprint density at radius 2 is 1.86 bits per heavy atom.